The summed E-state index contributed by atoms with van der Waals surface area (Å²) in [7, 11) is 1.70. The van der Waals surface area contributed by atoms with Crippen LogP contribution in [0.3, 0.4) is 0 Å². The lowest BCUT2D eigenvalue weighted by Gasteiger charge is -2.36. The number of ether oxygens (including phenoxy) is 2. The Bertz CT molecular complexity index is 873. The van der Waals surface area contributed by atoms with Gasteiger partial charge in [0.25, 0.3) is 0 Å². The van der Waals surface area contributed by atoms with Crippen molar-refractivity contribution in [2.75, 3.05) is 38.2 Å². The molecule has 1 aliphatic rings. The first kappa shape index (κ1) is 18.4. The molecule has 0 amide bonds. The summed E-state index contributed by atoms with van der Waals surface area (Å²) in [5.74, 6) is 2.66. The van der Waals surface area contributed by atoms with Crippen molar-refractivity contribution in [3.63, 3.8) is 0 Å². The van der Waals surface area contributed by atoms with E-state index in [0.29, 0.717) is 0 Å². The van der Waals surface area contributed by atoms with Crippen LogP contribution in [0.2, 0.25) is 0 Å². The first-order chi connectivity index (χ1) is 13.8. The molecule has 0 spiro atoms. The number of hydrogen-bond donors (Lipinski definition) is 0. The molecule has 3 aromatic rings. The highest BCUT2D eigenvalue weighted by Crippen LogP contribution is 2.24. The number of benzene rings is 3. The van der Waals surface area contributed by atoms with E-state index in [9.17, 15) is 0 Å². The molecule has 1 fully saturated rings. The fourth-order valence-corrected chi connectivity index (χ4v) is 3.55. The molecule has 0 atom stereocenters. The highest BCUT2D eigenvalue weighted by molar-refractivity contribution is 5.49. The summed E-state index contributed by atoms with van der Waals surface area (Å²) in [5, 5.41) is 0. The van der Waals surface area contributed by atoms with Crippen LogP contribution in [0, 0.1) is 0 Å². The van der Waals surface area contributed by atoms with Gasteiger partial charge in [0.2, 0.25) is 0 Å². The lowest BCUT2D eigenvalue weighted by molar-refractivity contribution is 0.249. The summed E-state index contributed by atoms with van der Waals surface area (Å²) in [6.45, 7) is 5.12. The van der Waals surface area contributed by atoms with Gasteiger partial charge in [-0.1, -0.05) is 30.3 Å². The summed E-state index contributed by atoms with van der Waals surface area (Å²) in [5.41, 5.74) is 2.55. The fraction of sp³-hybridized carbons (Fsp3) is 0.250. The van der Waals surface area contributed by atoms with Gasteiger partial charge in [0, 0.05) is 38.4 Å². The Hall–Kier alpha value is -2.98. The van der Waals surface area contributed by atoms with E-state index in [4.69, 9.17) is 9.47 Å². The van der Waals surface area contributed by atoms with Gasteiger partial charge in [-0.3, -0.25) is 4.90 Å². The molecule has 1 saturated heterocycles. The van der Waals surface area contributed by atoms with Crippen molar-refractivity contribution >= 4 is 5.69 Å². The van der Waals surface area contributed by atoms with Crippen molar-refractivity contribution in [3.05, 3.63) is 84.4 Å². The maximum absolute atomic E-state index is 5.96. The van der Waals surface area contributed by atoms with Crippen LogP contribution in [0.5, 0.6) is 17.2 Å². The van der Waals surface area contributed by atoms with Crippen LogP contribution in [-0.2, 0) is 6.54 Å². The minimum absolute atomic E-state index is 0.868. The number of methoxy groups -OCH3 is 1. The first-order valence-corrected chi connectivity index (χ1v) is 9.73. The normalized spacial score (nSPS) is 14.7. The van der Waals surface area contributed by atoms with Crippen molar-refractivity contribution in [1.29, 1.82) is 0 Å². The minimum Gasteiger partial charge on any atom is -0.497 e. The van der Waals surface area contributed by atoms with Gasteiger partial charge in [-0.05, 0) is 54.1 Å². The highest BCUT2D eigenvalue weighted by Gasteiger charge is 2.17. The smallest absolute Gasteiger partial charge is 0.127 e. The molecule has 0 aromatic heterocycles. The van der Waals surface area contributed by atoms with Gasteiger partial charge in [-0.15, -0.1) is 0 Å². The number of hydrogen-bond acceptors (Lipinski definition) is 4. The van der Waals surface area contributed by atoms with Crippen molar-refractivity contribution < 1.29 is 9.47 Å². The Morgan fingerprint density at radius 3 is 2.14 bits per heavy atom. The van der Waals surface area contributed by atoms with Gasteiger partial charge >= 0.3 is 0 Å². The van der Waals surface area contributed by atoms with Gasteiger partial charge in [0.15, 0.2) is 0 Å². The molecule has 4 heteroatoms. The van der Waals surface area contributed by atoms with E-state index in [-0.39, 0.29) is 0 Å². The van der Waals surface area contributed by atoms with E-state index in [2.05, 4.69) is 40.1 Å². The summed E-state index contributed by atoms with van der Waals surface area (Å²) >= 11 is 0. The Labute approximate surface area is 166 Å². The van der Waals surface area contributed by atoms with Crippen molar-refractivity contribution in [3.8, 4) is 17.2 Å². The fourth-order valence-electron chi connectivity index (χ4n) is 3.55. The van der Waals surface area contributed by atoms with Gasteiger partial charge < -0.3 is 14.4 Å². The Morgan fingerprint density at radius 1 is 0.714 bits per heavy atom. The van der Waals surface area contributed by atoms with Gasteiger partial charge in [-0.2, -0.15) is 0 Å². The lowest BCUT2D eigenvalue weighted by Crippen LogP contribution is -2.45. The van der Waals surface area contributed by atoms with E-state index in [1.165, 1.54) is 11.3 Å². The third-order valence-electron chi connectivity index (χ3n) is 5.09. The minimum atomic E-state index is 0.868. The molecule has 0 radical (unpaired) electrons. The number of nitrogens with zero attached hydrogens (tertiary/aromatic N) is 2. The number of piperazine rings is 1. The molecule has 1 aliphatic heterocycles. The second-order valence-corrected chi connectivity index (χ2v) is 7.02. The lowest BCUT2D eigenvalue weighted by atomic mass is 10.1. The van der Waals surface area contributed by atoms with Crippen molar-refractivity contribution in [2.45, 2.75) is 6.54 Å². The van der Waals surface area contributed by atoms with Crippen LogP contribution < -0.4 is 14.4 Å². The molecule has 1 heterocycles. The van der Waals surface area contributed by atoms with E-state index in [0.717, 1.165) is 50.0 Å². The molecular formula is C24H26N2O2. The highest BCUT2D eigenvalue weighted by atomic mass is 16.5. The molecule has 4 rings (SSSR count). The molecule has 4 nitrogen and oxygen atoms in total. The topological polar surface area (TPSA) is 24.9 Å². The van der Waals surface area contributed by atoms with E-state index in [1.807, 2.05) is 48.5 Å². The van der Waals surface area contributed by atoms with Crippen LogP contribution in [0.15, 0.2) is 78.9 Å². The van der Waals surface area contributed by atoms with Gasteiger partial charge in [-0.25, -0.2) is 0 Å². The van der Waals surface area contributed by atoms with Crippen LogP contribution in [-0.4, -0.2) is 38.2 Å². The largest absolute Gasteiger partial charge is 0.497 e. The number of rotatable bonds is 6. The second-order valence-electron chi connectivity index (χ2n) is 7.02. The summed E-state index contributed by atoms with van der Waals surface area (Å²) in [6, 6.07) is 26.7. The summed E-state index contributed by atoms with van der Waals surface area (Å²) < 4.78 is 11.2. The molecule has 3 aromatic carbocycles. The van der Waals surface area contributed by atoms with Gasteiger partial charge in [0.1, 0.15) is 17.2 Å². The molecule has 28 heavy (non-hydrogen) atoms. The van der Waals surface area contributed by atoms with Crippen LogP contribution in [0.4, 0.5) is 5.69 Å². The SMILES string of the molecule is COc1ccc(N2CCN(Cc3cccc(Oc4ccccc4)c3)CC2)cc1. The van der Waals surface area contributed by atoms with Crippen LogP contribution in [0.25, 0.3) is 0 Å². The van der Waals surface area contributed by atoms with E-state index < -0.39 is 0 Å². The van der Waals surface area contributed by atoms with E-state index in [1.54, 1.807) is 7.11 Å². The van der Waals surface area contributed by atoms with E-state index >= 15 is 0 Å². The van der Waals surface area contributed by atoms with Crippen LogP contribution in [0.1, 0.15) is 5.56 Å². The van der Waals surface area contributed by atoms with Crippen molar-refractivity contribution in [1.82, 2.24) is 4.90 Å². The Kier molecular flexibility index (Phi) is 5.78. The summed E-state index contributed by atoms with van der Waals surface area (Å²) in [4.78, 5) is 4.94. The molecule has 0 aliphatic carbocycles. The van der Waals surface area contributed by atoms with Gasteiger partial charge in [0.05, 0.1) is 7.11 Å². The molecular weight excluding hydrogens is 348 g/mol. The quantitative estimate of drug-likeness (QED) is 0.618. The first-order valence-electron chi connectivity index (χ1n) is 9.73. The predicted molar refractivity (Wildman–Crippen MR) is 113 cm³/mol. The van der Waals surface area contributed by atoms with Crippen LogP contribution >= 0.6 is 0 Å². The zero-order chi connectivity index (χ0) is 19.2. The Morgan fingerprint density at radius 2 is 1.43 bits per heavy atom. The summed E-state index contributed by atoms with van der Waals surface area (Å²) in [6.07, 6.45) is 0. The number of para-hydroxylation sites is 1. The monoisotopic (exact) mass is 374 g/mol. The zero-order valence-electron chi connectivity index (χ0n) is 16.3. The molecule has 0 N–H and O–H groups in total. The maximum atomic E-state index is 5.96. The third kappa shape index (κ3) is 4.65. The average molecular weight is 374 g/mol. The molecule has 0 unspecified atom stereocenters. The maximum Gasteiger partial charge on any atom is 0.127 e. The number of anilines is 1. The molecule has 0 bridgehead atoms. The second kappa shape index (κ2) is 8.81. The predicted octanol–water partition coefficient (Wildman–Crippen LogP) is 4.81. The standard InChI is InChI=1S/C24H26N2O2/c1-27-22-12-10-21(11-13-22)26-16-14-25(15-17-26)19-20-6-5-9-24(18-20)28-23-7-3-2-4-8-23/h2-13,18H,14-17,19H2,1H3. The average Bonchev–Trinajstić information content (AvgIpc) is 2.75. The Balaban J connectivity index is 1.32. The molecule has 144 valence electrons. The third-order valence-corrected chi connectivity index (χ3v) is 5.09. The zero-order valence-corrected chi connectivity index (χ0v) is 16.3. The molecule has 0 saturated carbocycles. The van der Waals surface area contributed by atoms with Crippen molar-refractivity contribution in [2.24, 2.45) is 0 Å².